The van der Waals surface area contributed by atoms with Gasteiger partial charge in [-0.2, -0.15) is 0 Å². The summed E-state index contributed by atoms with van der Waals surface area (Å²) in [5.41, 5.74) is 1.57. The largest absolute Gasteiger partial charge is 0.207 e. The third-order valence-electron chi connectivity index (χ3n) is 8.78. The summed E-state index contributed by atoms with van der Waals surface area (Å²) >= 11 is 5.72. The fourth-order valence-electron chi connectivity index (χ4n) is 6.53. The van der Waals surface area contributed by atoms with E-state index in [0.717, 1.165) is 36.2 Å². The lowest BCUT2D eigenvalue weighted by atomic mass is 9.74. The third kappa shape index (κ3) is 7.28. The molecule has 0 aliphatic heterocycles. The number of hydrogen-bond acceptors (Lipinski definition) is 0. The van der Waals surface area contributed by atoms with Crippen molar-refractivity contribution in [2.45, 2.75) is 103 Å². The minimum Gasteiger partial charge on any atom is -0.207 e. The second kappa shape index (κ2) is 12.7. The topological polar surface area (TPSA) is 0 Å². The highest BCUT2D eigenvalue weighted by molar-refractivity contribution is 6.30. The summed E-state index contributed by atoms with van der Waals surface area (Å²) in [6.07, 6.45) is 16.0. The molecule has 0 bridgehead atoms. The van der Waals surface area contributed by atoms with Crippen molar-refractivity contribution in [3.63, 3.8) is 0 Å². The predicted octanol–water partition coefficient (Wildman–Crippen LogP) is 10.2. The van der Waals surface area contributed by atoms with Gasteiger partial charge >= 0.3 is 0 Å². The highest BCUT2D eigenvalue weighted by Gasteiger charge is 2.26. The SMILES string of the molecule is CCCC1CCC(CCC2CCC(c3cc(F)c(CCc4ccc(Cl)c(F)c4)c(F)c3)CC2)CC1. The Morgan fingerprint density at radius 3 is 1.77 bits per heavy atom. The zero-order valence-electron chi connectivity index (χ0n) is 21.1. The molecule has 0 unspecified atom stereocenters. The van der Waals surface area contributed by atoms with Crippen LogP contribution in [0, 0.1) is 35.2 Å². The summed E-state index contributed by atoms with van der Waals surface area (Å²) in [6.45, 7) is 2.30. The van der Waals surface area contributed by atoms with Crippen LogP contribution in [0.5, 0.6) is 0 Å². The average molecular weight is 505 g/mol. The summed E-state index contributed by atoms with van der Waals surface area (Å²) in [4.78, 5) is 0. The van der Waals surface area contributed by atoms with Crippen LogP contribution in [0.3, 0.4) is 0 Å². The summed E-state index contributed by atoms with van der Waals surface area (Å²) in [5.74, 6) is 1.45. The highest BCUT2D eigenvalue weighted by atomic mass is 35.5. The van der Waals surface area contributed by atoms with Crippen LogP contribution in [-0.2, 0) is 12.8 Å². The van der Waals surface area contributed by atoms with Gasteiger partial charge in [0.05, 0.1) is 5.02 Å². The van der Waals surface area contributed by atoms with E-state index in [1.807, 2.05) is 0 Å². The van der Waals surface area contributed by atoms with Gasteiger partial charge in [-0.15, -0.1) is 0 Å². The van der Waals surface area contributed by atoms with E-state index in [9.17, 15) is 13.2 Å². The van der Waals surface area contributed by atoms with Gasteiger partial charge in [-0.1, -0.05) is 76.0 Å². The van der Waals surface area contributed by atoms with E-state index in [0.29, 0.717) is 12.0 Å². The van der Waals surface area contributed by atoms with Gasteiger partial charge in [-0.25, -0.2) is 13.2 Å². The molecule has 2 aliphatic rings. The molecule has 35 heavy (non-hydrogen) atoms. The van der Waals surface area contributed by atoms with Crippen molar-refractivity contribution in [1.29, 1.82) is 0 Å². The van der Waals surface area contributed by atoms with E-state index in [-0.39, 0.29) is 22.9 Å². The number of rotatable bonds is 9. The molecule has 2 fully saturated rings. The smallest absolute Gasteiger partial charge is 0.142 e. The molecule has 0 saturated heterocycles. The first-order valence-corrected chi connectivity index (χ1v) is 14.2. The maximum Gasteiger partial charge on any atom is 0.142 e. The van der Waals surface area contributed by atoms with Gasteiger partial charge in [0.15, 0.2) is 0 Å². The fourth-order valence-corrected chi connectivity index (χ4v) is 6.65. The summed E-state index contributed by atoms with van der Waals surface area (Å²) in [7, 11) is 0. The first-order chi connectivity index (χ1) is 16.9. The highest BCUT2D eigenvalue weighted by Crippen LogP contribution is 2.41. The number of hydrogen-bond donors (Lipinski definition) is 0. The van der Waals surface area contributed by atoms with Crippen LogP contribution in [0.25, 0.3) is 0 Å². The lowest BCUT2D eigenvalue weighted by Crippen LogP contribution is -2.18. The molecule has 0 heterocycles. The predicted molar refractivity (Wildman–Crippen MR) is 139 cm³/mol. The molecule has 0 aromatic heterocycles. The maximum atomic E-state index is 14.9. The Balaban J connectivity index is 1.24. The van der Waals surface area contributed by atoms with E-state index in [1.54, 1.807) is 18.2 Å². The molecule has 2 saturated carbocycles. The lowest BCUT2D eigenvalue weighted by Gasteiger charge is -2.32. The number of halogens is 4. The molecule has 0 nitrogen and oxygen atoms in total. The van der Waals surface area contributed by atoms with Crippen LogP contribution in [0.15, 0.2) is 30.3 Å². The molecule has 2 aromatic rings. The molecular weight excluding hydrogens is 465 g/mol. The van der Waals surface area contributed by atoms with Gasteiger partial charge in [0.1, 0.15) is 17.5 Å². The third-order valence-corrected chi connectivity index (χ3v) is 9.08. The van der Waals surface area contributed by atoms with Crippen LogP contribution in [-0.4, -0.2) is 0 Å². The molecule has 0 atom stereocenters. The number of benzene rings is 2. The normalized spacial score (nSPS) is 25.1. The Morgan fingerprint density at radius 1 is 0.686 bits per heavy atom. The Labute approximate surface area is 214 Å². The molecule has 0 amide bonds. The Bertz CT molecular complexity index is 933. The molecule has 0 spiro atoms. The van der Waals surface area contributed by atoms with Crippen LogP contribution >= 0.6 is 11.6 Å². The van der Waals surface area contributed by atoms with Gasteiger partial charge in [0, 0.05) is 5.56 Å². The zero-order valence-corrected chi connectivity index (χ0v) is 21.9. The van der Waals surface area contributed by atoms with E-state index in [1.165, 1.54) is 76.3 Å². The van der Waals surface area contributed by atoms with Gasteiger partial charge in [0.25, 0.3) is 0 Å². The second-order valence-electron chi connectivity index (χ2n) is 11.2. The average Bonchev–Trinajstić information content (AvgIpc) is 2.85. The van der Waals surface area contributed by atoms with Gasteiger partial charge in [0.2, 0.25) is 0 Å². The quantitative estimate of drug-likeness (QED) is 0.318. The maximum absolute atomic E-state index is 14.9. The fraction of sp³-hybridized carbons (Fsp3) is 0.613. The van der Waals surface area contributed by atoms with E-state index >= 15 is 0 Å². The second-order valence-corrected chi connectivity index (χ2v) is 11.6. The van der Waals surface area contributed by atoms with Crippen molar-refractivity contribution < 1.29 is 13.2 Å². The standard InChI is InChI=1S/C31H40ClF3/c1-2-3-21-4-6-22(7-5-21)8-9-23-10-14-25(15-11-23)26-19-29(33)27(30(34)20-26)16-12-24-13-17-28(32)31(35)18-24/h13,17-23,25H,2-12,14-16H2,1H3. The molecule has 0 N–H and O–H groups in total. The molecule has 192 valence electrons. The summed E-state index contributed by atoms with van der Waals surface area (Å²) in [5, 5.41) is 0.0553. The Hall–Kier alpha value is -1.48. The van der Waals surface area contributed by atoms with Gasteiger partial charge in [-0.3, -0.25) is 0 Å². The van der Waals surface area contributed by atoms with Gasteiger partial charge < -0.3 is 0 Å². The van der Waals surface area contributed by atoms with Crippen molar-refractivity contribution >= 4 is 11.6 Å². The number of aryl methyl sites for hydroxylation is 1. The van der Waals surface area contributed by atoms with Crippen LogP contribution in [0.4, 0.5) is 13.2 Å². The van der Waals surface area contributed by atoms with Crippen molar-refractivity contribution in [1.82, 2.24) is 0 Å². The lowest BCUT2D eigenvalue weighted by molar-refractivity contribution is 0.224. The van der Waals surface area contributed by atoms with Gasteiger partial charge in [-0.05, 0) is 97.6 Å². The zero-order chi connectivity index (χ0) is 24.8. The molecule has 2 aromatic carbocycles. The van der Waals surface area contributed by atoms with Crippen LogP contribution in [0.2, 0.25) is 5.02 Å². The van der Waals surface area contributed by atoms with E-state index in [2.05, 4.69) is 6.92 Å². The minimum atomic E-state index is -0.504. The van der Waals surface area contributed by atoms with E-state index in [4.69, 9.17) is 11.6 Å². The summed E-state index contributed by atoms with van der Waals surface area (Å²) < 4.78 is 43.4. The molecule has 4 rings (SSSR count). The molecule has 2 aliphatic carbocycles. The van der Waals surface area contributed by atoms with Crippen molar-refractivity contribution in [2.75, 3.05) is 0 Å². The first-order valence-electron chi connectivity index (χ1n) is 13.8. The molecule has 0 radical (unpaired) electrons. The Kier molecular flexibility index (Phi) is 9.61. The van der Waals surface area contributed by atoms with E-state index < -0.39 is 17.5 Å². The minimum absolute atomic E-state index is 0.0553. The van der Waals surface area contributed by atoms with Crippen LogP contribution < -0.4 is 0 Å². The Morgan fingerprint density at radius 2 is 1.23 bits per heavy atom. The molecule has 4 heteroatoms. The van der Waals surface area contributed by atoms with Crippen molar-refractivity contribution in [2.24, 2.45) is 17.8 Å². The van der Waals surface area contributed by atoms with Crippen LogP contribution in [0.1, 0.15) is 107 Å². The molecular formula is C31H40ClF3. The van der Waals surface area contributed by atoms with Crippen molar-refractivity contribution in [3.8, 4) is 0 Å². The summed E-state index contributed by atoms with van der Waals surface area (Å²) in [6, 6.07) is 7.60. The van der Waals surface area contributed by atoms with Crippen molar-refractivity contribution in [3.05, 3.63) is 69.5 Å². The monoisotopic (exact) mass is 504 g/mol. The first kappa shape index (κ1) is 26.6.